The molecule has 9 heteroatoms. The summed E-state index contributed by atoms with van der Waals surface area (Å²) < 4.78 is 1.70. The van der Waals surface area contributed by atoms with Gasteiger partial charge in [-0.2, -0.15) is 0 Å². The second kappa shape index (κ2) is 9.67. The molecule has 1 N–H and O–H groups in total. The number of para-hydroxylation sites is 1. The van der Waals surface area contributed by atoms with Crippen LogP contribution in [0.4, 0.5) is 0 Å². The Hall–Kier alpha value is -3.68. The van der Waals surface area contributed by atoms with E-state index in [0.29, 0.717) is 21.6 Å². The number of carbonyl (C=O) groups is 2. The molecule has 0 atom stereocenters. The van der Waals surface area contributed by atoms with Gasteiger partial charge in [-0.05, 0) is 42.5 Å². The van der Waals surface area contributed by atoms with E-state index in [1.165, 1.54) is 23.2 Å². The van der Waals surface area contributed by atoms with E-state index < -0.39 is 5.91 Å². The molecule has 2 heterocycles. The van der Waals surface area contributed by atoms with E-state index in [1.54, 1.807) is 36.9 Å². The number of nitrogens with zero attached hydrogens (tertiary/aromatic N) is 3. The predicted octanol–water partition coefficient (Wildman–Crippen LogP) is 4.32. The summed E-state index contributed by atoms with van der Waals surface area (Å²) >= 11 is 12.1. The summed E-state index contributed by atoms with van der Waals surface area (Å²) in [5.74, 6) is -0.838. The molecule has 0 bridgehead atoms. The number of fused-ring (bicyclic) bond motifs is 1. The van der Waals surface area contributed by atoms with Crippen LogP contribution in [0.15, 0.2) is 71.7 Å². The van der Waals surface area contributed by atoms with Gasteiger partial charge in [-0.1, -0.05) is 41.4 Å². The predicted molar refractivity (Wildman–Crippen MR) is 133 cm³/mol. The van der Waals surface area contributed by atoms with Gasteiger partial charge in [0.1, 0.15) is 10.8 Å². The van der Waals surface area contributed by atoms with Gasteiger partial charge in [0.25, 0.3) is 11.8 Å². The molecule has 0 aliphatic rings. The highest BCUT2D eigenvalue weighted by molar-refractivity contribution is 6.31. The van der Waals surface area contributed by atoms with Gasteiger partial charge in [0.15, 0.2) is 5.43 Å². The van der Waals surface area contributed by atoms with Gasteiger partial charge in [-0.3, -0.25) is 14.4 Å². The zero-order chi connectivity index (χ0) is 24.4. The first-order valence-corrected chi connectivity index (χ1v) is 11.1. The van der Waals surface area contributed by atoms with Gasteiger partial charge >= 0.3 is 0 Å². The number of amides is 2. The highest BCUT2D eigenvalue weighted by atomic mass is 35.5. The first-order valence-electron chi connectivity index (χ1n) is 10.3. The Balaban J connectivity index is 1.94. The van der Waals surface area contributed by atoms with Crippen molar-refractivity contribution in [2.45, 2.75) is 6.54 Å². The summed E-state index contributed by atoms with van der Waals surface area (Å²) in [5.41, 5.74) is 1.39. The van der Waals surface area contributed by atoms with Crippen LogP contribution in [0.25, 0.3) is 16.6 Å². The average molecular weight is 495 g/mol. The van der Waals surface area contributed by atoms with Crippen molar-refractivity contribution in [2.24, 2.45) is 0 Å². The standard InChI is InChI=1S/C25H20Cl2N4O3/c1-30(2)25(34)22-19(14-29-24(33)15-8-11-21(27)28-13-15)23(32)18-10-9-16(26)12-20(18)31(22)17-6-4-3-5-7-17/h3-13H,14H2,1-2H3,(H,29,33). The van der Waals surface area contributed by atoms with Gasteiger partial charge < -0.3 is 14.8 Å². The van der Waals surface area contributed by atoms with Crippen LogP contribution in [0.5, 0.6) is 0 Å². The van der Waals surface area contributed by atoms with E-state index in [2.05, 4.69) is 10.3 Å². The van der Waals surface area contributed by atoms with Crippen molar-refractivity contribution in [1.82, 2.24) is 19.8 Å². The molecular formula is C25H20Cl2N4O3. The fraction of sp³-hybridized carbons (Fsp3) is 0.120. The number of pyridine rings is 2. The maximum absolute atomic E-state index is 13.6. The molecule has 0 radical (unpaired) electrons. The monoisotopic (exact) mass is 494 g/mol. The van der Waals surface area contributed by atoms with Crippen molar-refractivity contribution >= 4 is 45.9 Å². The molecule has 0 unspecified atom stereocenters. The fourth-order valence-corrected chi connectivity index (χ4v) is 3.91. The van der Waals surface area contributed by atoms with Crippen LogP contribution in [0, 0.1) is 0 Å². The number of nitrogens with one attached hydrogen (secondary N) is 1. The number of halogens is 2. The Morgan fingerprint density at radius 2 is 1.76 bits per heavy atom. The maximum atomic E-state index is 13.6. The third-order valence-corrected chi connectivity index (χ3v) is 5.73. The van der Waals surface area contributed by atoms with E-state index >= 15 is 0 Å². The zero-order valence-electron chi connectivity index (χ0n) is 18.4. The second-order valence-electron chi connectivity index (χ2n) is 7.74. The molecule has 2 aromatic heterocycles. The van der Waals surface area contributed by atoms with Crippen LogP contribution in [-0.4, -0.2) is 40.4 Å². The lowest BCUT2D eigenvalue weighted by Crippen LogP contribution is -2.34. The number of aromatic nitrogens is 2. The third kappa shape index (κ3) is 4.53. The number of hydrogen-bond donors (Lipinski definition) is 1. The molecule has 7 nitrogen and oxygen atoms in total. The van der Waals surface area contributed by atoms with E-state index in [4.69, 9.17) is 23.2 Å². The summed E-state index contributed by atoms with van der Waals surface area (Å²) in [7, 11) is 3.21. The molecule has 0 spiro atoms. The molecule has 0 aliphatic carbocycles. The van der Waals surface area contributed by atoms with Crippen LogP contribution in [0.2, 0.25) is 10.2 Å². The van der Waals surface area contributed by atoms with Gasteiger partial charge in [0.05, 0.1) is 11.1 Å². The molecule has 2 aromatic carbocycles. The van der Waals surface area contributed by atoms with Crippen LogP contribution in [0.3, 0.4) is 0 Å². The largest absolute Gasteiger partial charge is 0.348 e. The van der Waals surface area contributed by atoms with E-state index in [-0.39, 0.29) is 39.9 Å². The minimum atomic E-state index is -0.450. The molecule has 172 valence electrons. The summed E-state index contributed by atoms with van der Waals surface area (Å²) in [6.45, 7) is -0.166. The lowest BCUT2D eigenvalue weighted by atomic mass is 10.0. The SMILES string of the molecule is CN(C)C(=O)c1c(CNC(=O)c2ccc(Cl)nc2)c(=O)c2ccc(Cl)cc2n1-c1ccccc1. The van der Waals surface area contributed by atoms with E-state index in [0.717, 1.165) is 0 Å². The van der Waals surface area contributed by atoms with Gasteiger partial charge in [-0.15, -0.1) is 0 Å². The summed E-state index contributed by atoms with van der Waals surface area (Å²) in [5, 5.41) is 3.79. The third-order valence-electron chi connectivity index (χ3n) is 5.27. The lowest BCUT2D eigenvalue weighted by Gasteiger charge is -2.22. The van der Waals surface area contributed by atoms with Gasteiger partial charge in [0.2, 0.25) is 0 Å². The molecule has 2 amide bonds. The Morgan fingerprint density at radius 3 is 2.41 bits per heavy atom. The lowest BCUT2D eigenvalue weighted by molar-refractivity contribution is 0.0816. The first-order chi connectivity index (χ1) is 16.3. The summed E-state index contributed by atoms with van der Waals surface area (Å²) in [4.78, 5) is 44.9. The molecule has 0 fully saturated rings. The molecule has 4 rings (SSSR count). The van der Waals surface area contributed by atoms with E-state index in [1.807, 2.05) is 30.3 Å². The van der Waals surface area contributed by atoms with Gasteiger partial charge in [0, 0.05) is 48.5 Å². The Morgan fingerprint density at radius 1 is 1.03 bits per heavy atom. The number of rotatable bonds is 5. The zero-order valence-corrected chi connectivity index (χ0v) is 19.9. The fourth-order valence-electron chi connectivity index (χ4n) is 3.63. The van der Waals surface area contributed by atoms with Crippen LogP contribution < -0.4 is 10.7 Å². The minimum Gasteiger partial charge on any atom is -0.348 e. The van der Waals surface area contributed by atoms with Crippen molar-refractivity contribution in [3.05, 3.63) is 104 Å². The van der Waals surface area contributed by atoms with Crippen molar-refractivity contribution in [2.75, 3.05) is 14.1 Å². The maximum Gasteiger partial charge on any atom is 0.270 e. The molecular weight excluding hydrogens is 475 g/mol. The minimum absolute atomic E-state index is 0.144. The number of hydrogen-bond acceptors (Lipinski definition) is 4. The van der Waals surface area contributed by atoms with Crippen molar-refractivity contribution < 1.29 is 9.59 Å². The highest BCUT2D eigenvalue weighted by Crippen LogP contribution is 2.25. The number of benzene rings is 2. The van der Waals surface area contributed by atoms with Crippen molar-refractivity contribution in [3.8, 4) is 5.69 Å². The first kappa shape index (κ1) is 23.5. The quantitative estimate of drug-likeness (QED) is 0.418. The Labute approximate surface area is 205 Å². The molecule has 4 aromatic rings. The summed E-state index contributed by atoms with van der Waals surface area (Å²) in [6, 6.07) is 17.1. The molecule has 0 saturated heterocycles. The number of carbonyl (C=O) groups excluding carboxylic acids is 2. The Bertz CT molecular complexity index is 1450. The van der Waals surface area contributed by atoms with Crippen LogP contribution >= 0.6 is 23.2 Å². The van der Waals surface area contributed by atoms with Gasteiger partial charge in [-0.25, -0.2) is 4.98 Å². The second-order valence-corrected chi connectivity index (χ2v) is 8.56. The average Bonchev–Trinajstić information content (AvgIpc) is 2.83. The Kier molecular flexibility index (Phi) is 6.68. The van der Waals surface area contributed by atoms with Crippen molar-refractivity contribution in [1.29, 1.82) is 0 Å². The smallest absolute Gasteiger partial charge is 0.270 e. The highest BCUT2D eigenvalue weighted by Gasteiger charge is 2.25. The molecule has 0 aliphatic heterocycles. The van der Waals surface area contributed by atoms with Crippen LogP contribution in [-0.2, 0) is 6.54 Å². The van der Waals surface area contributed by atoms with Crippen LogP contribution in [0.1, 0.15) is 26.4 Å². The normalized spacial score (nSPS) is 10.8. The topological polar surface area (TPSA) is 84.3 Å². The molecule has 0 saturated carbocycles. The summed E-state index contributed by atoms with van der Waals surface area (Å²) in [6.07, 6.45) is 1.34. The van der Waals surface area contributed by atoms with E-state index in [9.17, 15) is 14.4 Å². The van der Waals surface area contributed by atoms with Crippen molar-refractivity contribution in [3.63, 3.8) is 0 Å². The molecule has 34 heavy (non-hydrogen) atoms.